The van der Waals surface area contributed by atoms with Crippen LogP contribution in [0.5, 0.6) is 5.75 Å². The largest absolute Gasteiger partial charge is 0.497 e. The van der Waals surface area contributed by atoms with Crippen LogP contribution in [-0.2, 0) is 14.8 Å². The lowest BCUT2D eigenvalue weighted by Crippen LogP contribution is -2.33. The predicted molar refractivity (Wildman–Crippen MR) is 99.6 cm³/mol. The van der Waals surface area contributed by atoms with E-state index in [-0.39, 0.29) is 18.9 Å². The van der Waals surface area contributed by atoms with E-state index in [9.17, 15) is 13.2 Å². The van der Waals surface area contributed by atoms with Crippen LogP contribution in [0.4, 0.5) is 11.4 Å². The van der Waals surface area contributed by atoms with E-state index in [4.69, 9.17) is 10.00 Å². The van der Waals surface area contributed by atoms with Crippen LogP contribution in [0, 0.1) is 11.3 Å². The van der Waals surface area contributed by atoms with Gasteiger partial charge >= 0.3 is 0 Å². The van der Waals surface area contributed by atoms with Crippen molar-refractivity contribution in [2.45, 2.75) is 6.42 Å². The number of carbonyl (C=O) groups is 1. The summed E-state index contributed by atoms with van der Waals surface area (Å²) in [5, 5.41) is 11.7. The Hall–Kier alpha value is -3.05. The minimum atomic E-state index is -3.56. The summed E-state index contributed by atoms with van der Waals surface area (Å²) >= 11 is 0. The van der Waals surface area contributed by atoms with Gasteiger partial charge in [-0.05, 0) is 36.4 Å². The summed E-state index contributed by atoms with van der Waals surface area (Å²) in [6.07, 6.45) is 1.03. The quantitative estimate of drug-likeness (QED) is 0.803. The van der Waals surface area contributed by atoms with Crippen molar-refractivity contribution in [3.8, 4) is 11.8 Å². The molecule has 7 nitrogen and oxygen atoms in total. The fourth-order valence-electron chi connectivity index (χ4n) is 2.34. The molecule has 0 heterocycles. The van der Waals surface area contributed by atoms with Gasteiger partial charge in [-0.3, -0.25) is 9.10 Å². The Bertz CT molecular complexity index is 918. The number of para-hydroxylation sites is 1. The van der Waals surface area contributed by atoms with Crippen LogP contribution in [0.3, 0.4) is 0 Å². The van der Waals surface area contributed by atoms with E-state index in [0.29, 0.717) is 22.7 Å². The number of hydrogen-bond donors (Lipinski definition) is 1. The summed E-state index contributed by atoms with van der Waals surface area (Å²) in [7, 11) is -2.04. The van der Waals surface area contributed by atoms with Gasteiger partial charge in [-0.25, -0.2) is 8.42 Å². The van der Waals surface area contributed by atoms with Gasteiger partial charge in [-0.2, -0.15) is 5.26 Å². The van der Waals surface area contributed by atoms with Crippen molar-refractivity contribution in [3.05, 3.63) is 54.1 Å². The van der Waals surface area contributed by atoms with E-state index in [1.807, 2.05) is 6.07 Å². The molecule has 0 aliphatic heterocycles. The van der Waals surface area contributed by atoms with Crippen molar-refractivity contribution in [1.82, 2.24) is 0 Å². The number of carbonyl (C=O) groups excluding carboxylic acids is 1. The van der Waals surface area contributed by atoms with Crippen LogP contribution in [0.2, 0.25) is 0 Å². The van der Waals surface area contributed by atoms with Crippen molar-refractivity contribution in [2.24, 2.45) is 0 Å². The zero-order valence-electron chi connectivity index (χ0n) is 14.5. The number of ether oxygens (including phenoxy) is 1. The molecule has 0 aromatic heterocycles. The minimum Gasteiger partial charge on any atom is -0.497 e. The van der Waals surface area contributed by atoms with E-state index in [1.165, 1.54) is 7.11 Å². The predicted octanol–water partition coefficient (Wildman–Crippen LogP) is 2.36. The Morgan fingerprint density at radius 1 is 1.19 bits per heavy atom. The summed E-state index contributed by atoms with van der Waals surface area (Å²) in [6.45, 7) is -0.0221. The fourth-order valence-corrected chi connectivity index (χ4v) is 3.27. The molecule has 0 unspecified atom stereocenters. The second kappa shape index (κ2) is 8.36. The smallest absolute Gasteiger partial charge is 0.232 e. The van der Waals surface area contributed by atoms with Gasteiger partial charge in [0.25, 0.3) is 0 Å². The van der Waals surface area contributed by atoms with Crippen LogP contribution >= 0.6 is 0 Å². The first-order chi connectivity index (χ1) is 12.3. The topological polar surface area (TPSA) is 99.5 Å². The number of nitrogens with zero attached hydrogens (tertiary/aromatic N) is 2. The molecule has 1 N–H and O–H groups in total. The van der Waals surface area contributed by atoms with Gasteiger partial charge in [0, 0.05) is 13.0 Å². The number of nitriles is 1. The van der Waals surface area contributed by atoms with Crippen LogP contribution in [0.1, 0.15) is 12.0 Å². The molecule has 0 saturated heterocycles. The van der Waals surface area contributed by atoms with Crippen molar-refractivity contribution in [2.75, 3.05) is 29.5 Å². The fraction of sp³-hybridized carbons (Fsp3) is 0.222. The van der Waals surface area contributed by atoms with E-state index in [0.717, 1.165) is 10.6 Å². The highest BCUT2D eigenvalue weighted by Gasteiger charge is 2.19. The van der Waals surface area contributed by atoms with Crippen LogP contribution in [-0.4, -0.2) is 34.2 Å². The molecule has 2 aromatic carbocycles. The molecule has 0 aliphatic carbocycles. The Labute approximate surface area is 152 Å². The first-order valence-corrected chi connectivity index (χ1v) is 9.60. The van der Waals surface area contributed by atoms with Gasteiger partial charge in [0.15, 0.2) is 0 Å². The Kier molecular flexibility index (Phi) is 6.20. The lowest BCUT2D eigenvalue weighted by Gasteiger charge is -2.22. The molecule has 0 saturated carbocycles. The number of methoxy groups -OCH3 is 1. The number of amides is 1. The zero-order chi connectivity index (χ0) is 19.2. The third-order valence-electron chi connectivity index (χ3n) is 3.62. The van der Waals surface area contributed by atoms with Crippen LogP contribution < -0.4 is 14.4 Å². The van der Waals surface area contributed by atoms with Crippen LogP contribution in [0.15, 0.2) is 48.5 Å². The van der Waals surface area contributed by atoms with Crippen molar-refractivity contribution in [1.29, 1.82) is 5.26 Å². The highest BCUT2D eigenvalue weighted by atomic mass is 32.2. The summed E-state index contributed by atoms with van der Waals surface area (Å²) in [5.74, 6) is 0.225. The zero-order valence-corrected chi connectivity index (χ0v) is 15.3. The number of nitrogens with one attached hydrogen (secondary N) is 1. The first kappa shape index (κ1) is 19.3. The van der Waals surface area contributed by atoms with Gasteiger partial charge < -0.3 is 10.1 Å². The standard InChI is InChI=1S/C18H19N3O4S/c1-25-16-9-7-15(8-10-16)21(26(2,23)24)12-11-18(22)20-17-6-4-3-5-14(17)13-19/h3-10H,11-12H2,1-2H3,(H,20,22). The van der Waals surface area contributed by atoms with Gasteiger partial charge in [-0.15, -0.1) is 0 Å². The molecule has 2 rings (SSSR count). The molecular formula is C18H19N3O4S. The van der Waals surface area contributed by atoms with Gasteiger partial charge in [0.05, 0.1) is 30.3 Å². The molecule has 136 valence electrons. The lowest BCUT2D eigenvalue weighted by atomic mass is 10.2. The van der Waals surface area contributed by atoms with E-state index >= 15 is 0 Å². The van der Waals surface area contributed by atoms with E-state index in [2.05, 4.69) is 5.32 Å². The lowest BCUT2D eigenvalue weighted by molar-refractivity contribution is -0.116. The number of anilines is 2. The number of rotatable bonds is 7. The Morgan fingerprint density at radius 3 is 2.42 bits per heavy atom. The summed E-state index contributed by atoms with van der Waals surface area (Å²) < 4.78 is 30.4. The summed E-state index contributed by atoms with van der Waals surface area (Å²) in [5.41, 5.74) is 1.19. The van der Waals surface area contributed by atoms with Gasteiger partial charge in [0.2, 0.25) is 15.9 Å². The van der Waals surface area contributed by atoms with Gasteiger partial charge in [-0.1, -0.05) is 12.1 Å². The molecule has 0 fully saturated rings. The molecular weight excluding hydrogens is 354 g/mol. The van der Waals surface area contributed by atoms with Crippen LogP contribution in [0.25, 0.3) is 0 Å². The average Bonchev–Trinajstić information content (AvgIpc) is 2.61. The molecule has 1 amide bonds. The SMILES string of the molecule is COc1ccc(N(CCC(=O)Nc2ccccc2C#N)S(C)(=O)=O)cc1. The molecule has 8 heteroatoms. The Balaban J connectivity index is 2.09. The monoisotopic (exact) mass is 373 g/mol. The van der Waals surface area contributed by atoms with E-state index in [1.54, 1.807) is 48.5 Å². The molecule has 0 atom stereocenters. The minimum absolute atomic E-state index is 0.0221. The number of sulfonamides is 1. The summed E-state index contributed by atoms with van der Waals surface area (Å²) in [4.78, 5) is 12.2. The number of hydrogen-bond acceptors (Lipinski definition) is 5. The van der Waals surface area contributed by atoms with Crippen molar-refractivity contribution in [3.63, 3.8) is 0 Å². The van der Waals surface area contributed by atoms with Crippen molar-refractivity contribution < 1.29 is 17.9 Å². The molecule has 2 aromatic rings. The van der Waals surface area contributed by atoms with E-state index < -0.39 is 10.0 Å². The highest BCUT2D eigenvalue weighted by molar-refractivity contribution is 7.92. The maximum Gasteiger partial charge on any atom is 0.232 e. The second-order valence-corrected chi connectivity index (χ2v) is 7.40. The highest BCUT2D eigenvalue weighted by Crippen LogP contribution is 2.22. The molecule has 0 aliphatic rings. The third kappa shape index (κ3) is 4.97. The normalized spacial score (nSPS) is 10.7. The average molecular weight is 373 g/mol. The summed E-state index contributed by atoms with van der Waals surface area (Å²) in [6, 6.07) is 15.1. The maximum absolute atomic E-state index is 12.2. The maximum atomic E-state index is 12.2. The van der Waals surface area contributed by atoms with Crippen molar-refractivity contribution >= 4 is 27.3 Å². The Morgan fingerprint density at radius 2 is 1.85 bits per heavy atom. The molecule has 0 bridgehead atoms. The van der Waals surface area contributed by atoms with Gasteiger partial charge in [0.1, 0.15) is 11.8 Å². The third-order valence-corrected chi connectivity index (χ3v) is 4.82. The molecule has 26 heavy (non-hydrogen) atoms. The second-order valence-electron chi connectivity index (χ2n) is 5.49. The number of benzene rings is 2. The molecule has 0 spiro atoms. The molecule has 0 radical (unpaired) electrons. The first-order valence-electron chi connectivity index (χ1n) is 7.76.